The second kappa shape index (κ2) is 3.55. The molecule has 0 N–H and O–H groups in total. The molecule has 0 spiro atoms. The molecule has 0 radical (unpaired) electrons. The maximum absolute atomic E-state index is 5.47. The number of hydrogen-bond donors (Lipinski definition) is 0. The van der Waals surface area contributed by atoms with Gasteiger partial charge < -0.3 is 4.74 Å². The van der Waals surface area contributed by atoms with Gasteiger partial charge in [0.05, 0.1) is 13.2 Å². The molecule has 0 aromatic rings. The Balaban J connectivity index is 2.57. The molecule has 0 bridgehead atoms. The van der Waals surface area contributed by atoms with E-state index >= 15 is 0 Å². The minimum absolute atomic E-state index is 0.299. The first-order valence-electron chi connectivity index (χ1n) is 4.55. The highest BCUT2D eigenvalue weighted by Crippen LogP contribution is 2.22. The Morgan fingerprint density at radius 3 is 2.64 bits per heavy atom. The van der Waals surface area contributed by atoms with Crippen molar-refractivity contribution in [3.8, 4) is 0 Å². The lowest BCUT2D eigenvalue weighted by molar-refractivity contribution is -0.0590. The zero-order valence-corrected chi connectivity index (χ0v) is 7.89. The molecule has 1 rings (SSSR count). The molecule has 2 nitrogen and oxygen atoms in total. The predicted octanol–water partition coefficient (Wildman–Crippen LogP) is 1.51. The summed E-state index contributed by atoms with van der Waals surface area (Å²) in [6.07, 6.45) is 1.18. The fraction of sp³-hybridized carbons (Fsp3) is 1.00. The molecular formula is C9H19NO. The first-order chi connectivity index (χ1) is 5.23. The van der Waals surface area contributed by atoms with E-state index in [2.05, 4.69) is 25.7 Å². The largest absolute Gasteiger partial charge is 0.378 e. The van der Waals surface area contributed by atoms with Crippen LogP contribution in [0.25, 0.3) is 0 Å². The molecule has 0 saturated carbocycles. The predicted molar refractivity (Wildman–Crippen MR) is 46.8 cm³/mol. The number of likely N-dealkylation sites (N-methyl/N-ethyl adjacent to an activating group) is 1. The molecule has 11 heavy (non-hydrogen) atoms. The highest BCUT2D eigenvalue weighted by atomic mass is 16.5. The summed E-state index contributed by atoms with van der Waals surface area (Å²) in [6, 6.07) is 0. The van der Waals surface area contributed by atoms with Crippen LogP contribution in [0.3, 0.4) is 0 Å². The van der Waals surface area contributed by atoms with Gasteiger partial charge in [0, 0.05) is 12.1 Å². The Bertz CT molecular complexity index is 127. The van der Waals surface area contributed by atoms with Gasteiger partial charge in [0.15, 0.2) is 0 Å². The quantitative estimate of drug-likeness (QED) is 0.602. The highest BCUT2D eigenvalue weighted by molar-refractivity contribution is 4.86. The number of hydrogen-bond acceptors (Lipinski definition) is 2. The molecule has 66 valence electrons. The summed E-state index contributed by atoms with van der Waals surface area (Å²) in [4.78, 5) is 2.51. The topological polar surface area (TPSA) is 12.5 Å². The van der Waals surface area contributed by atoms with Crippen LogP contribution >= 0.6 is 0 Å². The Kier molecular flexibility index (Phi) is 2.90. The van der Waals surface area contributed by atoms with E-state index in [-0.39, 0.29) is 0 Å². The standard InChI is InChI=1S/C9H19NO/c1-4-9(3)8-11-7-6-10(9)5-2/h4-8H2,1-3H3. The summed E-state index contributed by atoms with van der Waals surface area (Å²) in [5.41, 5.74) is 0.299. The number of nitrogens with zero attached hydrogens (tertiary/aromatic N) is 1. The van der Waals surface area contributed by atoms with Crippen molar-refractivity contribution in [3.05, 3.63) is 0 Å². The Labute approximate surface area is 69.5 Å². The van der Waals surface area contributed by atoms with Crippen molar-refractivity contribution in [1.29, 1.82) is 0 Å². The molecule has 1 heterocycles. The van der Waals surface area contributed by atoms with Crippen LogP contribution in [0.5, 0.6) is 0 Å². The van der Waals surface area contributed by atoms with E-state index in [4.69, 9.17) is 4.74 Å². The minimum Gasteiger partial charge on any atom is -0.378 e. The van der Waals surface area contributed by atoms with Crippen LogP contribution in [-0.2, 0) is 4.74 Å². The summed E-state index contributed by atoms with van der Waals surface area (Å²) in [5, 5.41) is 0. The highest BCUT2D eigenvalue weighted by Gasteiger charge is 2.31. The van der Waals surface area contributed by atoms with Crippen LogP contribution in [0.4, 0.5) is 0 Å². The van der Waals surface area contributed by atoms with Crippen molar-refractivity contribution in [3.63, 3.8) is 0 Å². The summed E-state index contributed by atoms with van der Waals surface area (Å²) in [7, 11) is 0. The maximum Gasteiger partial charge on any atom is 0.0648 e. The third-order valence-electron chi connectivity index (χ3n) is 2.83. The van der Waals surface area contributed by atoms with Crippen molar-refractivity contribution < 1.29 is 4.74 Å². The lowest BCUT2D eigenvalue weighted by Crippen LogP contribution is -2.54. The Morgan fingerprint density at radius 2 is 2.18 bits per heavy atom. The SMILES string of the molecule is CCN1CCOCC1(C)CC. The molecule has 2 heteroatoms. The van der Waals surface area contributed by atoms with E-state index in [1.807, 2.05) is 0 Å². The Morgan fingerprint density at radius 1 is 1.45 bits per heavy atom. The third-order valence-corrected chi connectivity index (χ3v) is 2.83. The fourth-order valence-electron chi connectivity index (χ4n) is 1.69. The molecule has 0 aromatic heterocycles. The van der Waals surface area contributed by atoms with Crippen LogP contribution < -0.4 is 0 Å². The Hall–Kier alpha value is -0.0800. The zero-order chi connectivity index (χ0) is 8.32. The van der Waals surface area contributed by atoms with Crippen LogP contribution in [0, 0.1) is 0 Å². The van der Waals surface area contributed by atoms with Crippen LogP contribution in [-0.4, -0.2) is 36.7 Å². The molecule has 1 aliphatic heterocycles. The first kappa shape index (κ1) is 9.01. The van der Waals surface area contributed by atoms with E-state index in [0.29, 0.717) is 5.54 Å². The molecule has 1 fully saturated rings. The monoisotopic (exact) mass is 157 g/mol. The zero-order valence-electron chi connectivity index (χ0n) is 7.89. The van der Waals surface area contributed by atoms with E-state index in [9.17, 15) is 0 Å². The van der Waals surface area contributed by atoms with E-state index in [1.165, 1.54) is 6.42 Å². The van der Waals surface area contributed by atoms with Gasteiger partial charge in [-0.1, -0.05) is 13.8 Å². The molecular weight excluding hydrogens is 138 g/mol. The summed E-state index contributed by atoms with van der Waals surface area (Å²) in [5.74, 6) is 0. The van der Waals surface area contributed by atoms with Gasteiger partial charge in [0.25, 0.3) is 0 Å². The average molecular weight is 157 g/mol. The second-order valence-corrected chi connectivity index (χ2v) is 3.48. The lowest BCUT2D eigenvalue weighted by atomic mass is 9.96. The van der Waals surface area contributed by atoms with Crippen molar-refractivity contribution in [2.24, 2.45) is 0 Å². The van der Waals surface area contributed by atoms with Gasteiger partial charge in [-0.15, -0.1) is 0 Å². The lowest BCUT2D eigenvalue weighted by Gasteiger charge is -2.43. The minimum atomic E-state index is 0.299. The van der Waals surface area contributed by atoms with Gasteiger partial charge in [-0.25, -0.2) is 0 Å². The van der Waals surface area contributed by atoms with Crippen molar-refractivity contribution in [1.82, 2.24) is 4.90 Å². The fourth-order valence-corrected chi connectivity index (χ4v) is 1.69. The number of morpholine rings is 1. The molecule has 0 aliphatic carbocycles. The van der Waals surface area contributed by atoms with E-state index < -0.39 is 0 Å². The van der Waals surface area contributed by atoms with Crippen molar-refractivity contribution >= 4 is 0 Å². The van der Waals surface area contributed by atoms with Gasteiger partial charge in [-0.2, -0.15) is 0 Å². The van der Waals surface area contributed by atoms with Crippen molar-refractivity contribution in [2.75, 3.05) is 26.3 Å². The molecule has 1 unspecified atom stereocenters. The molecule has 0 amide bonds. The van der Waals surface area contributed by atoms with Crippen molar-refractivity contribution in [2.45, 2.75) is 32.7 Å². The van der Waals surface area contributed by atoms with Crippen LogP contribution in [0.1, 0.15) is 27.2 Å². The first-order valence-corrected chi connectivity index (χ1v) is 4.55. The average Bonchev–Trinajstić information content (AvgIpc) is 2.05. The summed E-state index contributed by atoms with van der Waals surface area (Å²) in [6.45, 7) is 10.8. The normalized spacial score (nSPS) is 34.1. The van der Waals surface area contributed by atoms with E-state index in [0.717, 1.165) is 26.3 Å². The van der Waals surface area contributed by atoms with Crippen LogP contribution in [0.15, 0.2) is 0 Å². The number of ether oxygens (including phenoxy) is 1. The van der Waals surface area contributed by atoms with Gasteiger partial charge in [0.2, 0.25) is 0 Å². The molecule has 0 aromatic carbocycles. The molecule has 1 saturated heterocycles. The van der Waals surface area contributed by atoms with E-state index in [1.54, 1.807) is 0 Å². The molecule has 1 atom stereocenters. The van der Waals surface area contributed by atoms with Gasteiger partial charge >= 0.3 is 0 Å². The summed E-state index contributed by atoms with van der Waals surface area (Å²) >= 11 is 0. The van der Waals surface area contributed by atoms with Crippen LogP contribution in [0.2, 0.25) is 0 Å². The van der Waals surface area contributed by atoms with Gasteiger partial charge in [-0.05, 0) is 19.9 Å². The smallest absolute Gasteiger partial charge is 0.0648 e. The van der Waals surface area contributed by atoms with Gasteiger partial charge in [-0.3, -0.25) is 4.90 Å². The second-order valence-electron chi connectivity index (χ2n) is 3.48. The van der Waals surface area contributed by atoms with Gasteiger partial charge in [0.1, 0.15) is 0 Å². The molecule has 1 aliphatic rings. The third kappa shape index (κ3) is 1.74. The maximum atomic E-state index is 5.47. The summed E-state index contributed by atoms with van der Waals surface area (Å²) < 4.78 is 5.47. The number of rotatable bonds is 2.